The summed E-state index contributed by atoms with van der Waals surface area (Å²) in [5, 5.41) is 0. The molecule has 1 aromatic heterocycles. The van der Waals surface area contributed by atoms with Gasteiger partial charge in [0.25, 0.3) is 0 Å². The molecule has 3 nitrogen and oxygen atoms in total. The van der Waals surface area contributed by atoms with E-state index in [-0.39, 0.29) is 0 Å². The van der Waals surface area contributed by atoms with Crippen molar-refractivity contribution >= 4 is 0 Å². The summed E-state index contributed by atoms with van der Waals surface area (Å²) >= 11 is 0. The van der Waals surface area contributed by atoms with Crippen LogP contribution in [-0.2, 0) is 13.6 Å². The van der Waals surface area contributed by atoms with E-state index in [2.05, 4.69) is 43.8 Å². The van der Waals surface area contributed by atoms with Crippen molar-refractivity contribution in [1.82, 2.24) is 4.57 Å². The van der Waals surface area contributed by atoms with Gasteiger partial charge in [0.2, 0.25) is 0 Å². The van der Waals surface area contributed by atoms with Gasteiger partial charge in [-0.2, -0.15) is 0 Å². The first-order valence-electron chi connectivity index (χ1n) is 6.99. The molecule has 1 aliphatic heterocycles. The Labute approximate surface area is 105 Å². The average molecular weight is 237 g/mol. The Bertz CT molecular complexity index is 337. The number of piperazine rings is 1. The second-order valence-electron chi connectivity index (χ2n) is 5.50. The van der Waals surface area contributed by atoms with Crippen LogP contribution in [-0.4, -0.2) is 36.8 Å². The molecule has 17 heavy (non-hydrogen) atoms. The molecule has 0 aromatic carbocycles. The highest BCUT2D eigenvalue weighted by atomic mass is 15.3. The Hall–Kier alpha value is -0.800. The molecule has 96 valence electrons. The first-order valence-corrected chi connectivity index (χ1v) is 6.99. The molecule has 2 heterocycles. The lowest BCUT2D eigenvalue weighted by Crippen LogP contribution is -3.29. The van der Waals surface area contributed by atoms with Crippen molar-refractivity contribution in [2.24, 2.45) is 7.05 Å². The Balaban J connectivity index is 1.81. The first-order chi connectivity index (χ1) is 8.20. The minimum Gasteiger partial charge on any atom is -0.350 e. The molecule has 0 spiro atoms. The minimum absolute atomic E-state index is 0.839. The molecule has 1 atom stereocenters. The second-order valence-corrected chi connectivity index (χ2v) is 5.50. The molecule has 0 radical (unpaired) electrons. The minimum atomic E-state index is 0.839. The SMILES string of the molecule is CC[C@H](C)[NH+]1CC[NH+](Cc2cccn2C)CC1. The highest BCUT2D eigenvalue weighted by Crippen LogP contribution is 1.96. The molecular weight excluding hydrogens is 210 g/mol. The zero-order valence-corrected chi connectivity index (χ0v) is 11.5. The Kier molecular flexibility index (Phi) is 4.24. The largest absolute Gasteiger partial charge is 0.350 e. The van der Waals surface area contributed by atoms with Gasteiger partial charge in [0.1, 0.15) is 32.7 Å². The van der Waals surface area contributed by atoms with Crippen LogP contribution in [0.1, 0.15) is 26.0 Å². The van der Waals surface area contributed by atoms with E-state index in [0.29, 0.717) is 0 Å². The molecule has 1 aliphatic rings. The smallest absolute Gasteiger partial charge is 0.127 e. The lowest BCUT2D eigenvalue weighted by Gasteiger charge is -2.32. The third-order valence-corrected chi connectivity index (χ3v) is 4.39. The van der Waals surface area contributed by atoms with Gasteiger partial charge >= 0.3 is 0 Å². The third-order valence-electron chi connectivity index (χ3n) is 4.39. The number of nitrogens with one attached hydrogen (secondary N) is 2. The zero-order valence-electron chi connectivity index (χ0n) is 11.5. The van der Waals surface area contributed by atoms with Crippen LogP contribution in [0.3, 0.4) is 0 Å². The van der Waals surface area contributed by atoms with Gasteiger partial charge in [-0.3, -0.25) is 0 Å². The topological polar surface area (TPSA) is 13.8 Å². The number of quaternary nitrogens is 2. The van der Waals surface area contributed by atoms with E-state index in [1.165, 1.54) is 44.8 Å². The standard InChI is InChI=1S/C14H25N3/c1-4-13(2)17-10-8-16(9-11-17)12-14-6-5-7-15(14)3/h5-7,13H,4,8-12H2,1-3H3/p+2/t13-/m0/s1. The van der Waals surface area contributed by atoms with Crippen LogP contribution < -0.4 is 9.80 Å². The predicted molar refractivity (Wildman–Crippen MR) is 70.3 cm³/mol. The van der Waals surface area contributed by atoms with Crippen LogP contribution in [0.5, 0.6) is 0 Å². The van der Waals surface area contributed by atoms with Crippen LogP contribution in [0.2, 0.25) is 0 Å². The van der Waals surface area contributed by atoms with E-state index >= 15 is 0 Å². The van der Waals surface area contributed by atoms with Crippen LogP contribution in [0.4, 0.5) is 0 Å². The molecule has 3 heteroatoms. The molecular formula is C14H27N3+2. The highest BCUT2D eigenvalue weighted by molar-refractivity contribution is 5.04. The summed E-state index contributed by atoms with van der Waals surface area (Å²) in [4.78, 5) is 3.56. The summed E-state index contributed by atoms with van der Waals surface area (Å²) in [6.45, 7) is 11.2. The molecule has 2 rings (SSSR count). The number of aromatic nitrogens is 1. The monoisotopic (exact) mass is 237 g/mol. The number of hydrogen-bond acceptors (Lipinski definition) is 0. The molecule has 1 saturated heterocycles. The fraction of sp³-hybridized carbons (Fsp3) is 0.714. The molecule has 0 unspecified atom stereocenters. The molecule has 1 fully saturated rings. The van der Waals surface area contributed by atoms with Crippen molar-refractivity contribution in [1.29, 1.82) is 0 Å². The van der Waals surface area contributed by atoms with Crippen molar-refractivity contribution in [3.05, 3.63) is 24.0 Å². The lowest BCUT2D eigenvalue weighted by molar-refractivity contribution is -1.03. The summed E-state index contributed by atoms with van der Waals surface area (Å²) in [6.07, 6.45) is 3.46. The zero-order chi connectivity index (χ0) is 12.3. The van der Waals surface area contributed by atoms with Gasteiger partial charge in [-0.05, 0) is 25.5 Å². The van der Waals surface area contributed by atoms with Crippen molar-refractivity contribution in [2.45, 2.75) is 32.9 Å². The second kappa shape index (κ2) is 5.69. The van der Waals surface area contributed by atoms with E-state index in [1.807, 2.05) is 4.90 Å². The van der Waals surface area contributed by atoms with E-state index in [9.17, 15) is 0 Å². The molecule has 0 bridgehead atoms. The maximum Gasteiger partial charge on any atom is 0.127 e. The van der Waals surface area contributed by atoms with Gasteiger partial charge < -0.3 is 14.4 Å². The Morgan fingerprint density at radius 1 is 1.29 bits per heavy atom. The first kappa shape index (κ1) is 12.7. The normalized spacial score (nSPS) is 27.0. The number of rotatable bonds is 4. The van der Waals surface area contributed by atoms with Crippen LogP contribution >= 0.6 is 0 Å². The van der Waals surface area contributed by atoms with E-state index in [4.69, 9.17) is 0 Å². The van der Waals surface area contributed by atoms with E-state index < -0.39 is 0 Å². The molecule has 1 aromatic rings. The summed E-state index contributed by atoms with van der Waals surface area (Å²) in [5.74, 6) is 0. The van der Waals surface area contributed by atoms with Gasteiger partial charge in [0, 0.05) is 13.2 Å². The van der Waals surface area contributed by atoms with Crippen molar-refractivity contribution in [3.8, 4) is 0 Å². The maximum atomic E-state index is 2.39. The Morgan fingerprint density at radius 3 is 2.53 bits per heavy atom. The van der Waals surface area contributed by atoms with Crippen molar-refractivity contribution < 1.29 is 9.80 Å². The van der Waals surface area contributed by atoms with Gasteiger partial charge in [-0.15, -0.1) is 0 Å². The average Bonchev–Trinajstić information content (AvgIpc) is 2.75. The highest BCUT2D eigenvalue weighted by Gasteiger charge is 2.26. The summed E-state index contributed by atoms with van der Waals surface area (Å²) in [5.41, 5.74) is 1.46. The molecule has 2 N–H and O–H groups in total. The fourth-order valence-corrected chi connectivity index (χ4v) is 2.82. The maximum absolute atomic E-state index is 2.39. The third kappa shape index (κ3) is 3.11. The van der Waals surface area contributed by atoms with Crippen LogP contribution in [0, 0.1) is 0 Å². The predicted octanol–water partition coefficient (Wildman–Crippen LogP) is -0.893. The van der Waals surface area contributed by atoms with Gasteiger partial charge in [-0.1, -0.05) is 6.92 Å². The van der Waals surface area contributed by atoms with Gasteiger partial charge in [0.15, 0.2) is 0 Å². The van der Waals surface area contributed by atoms with Gasteiger partial charge in [0.05, 0.1) is 11.7 Å². The quantitative estimate of drug-likeness (QED) is 0.675. The number of aryl methyl sites for hydroxylation is 1. The lowest BCUT2D eigenvalue weighted by atomic mass is 10.2. The number of nitrogens with zero attached hydrogens (tertiary/aromatic N) is 1. The summed E-state index contributed by atoms with van der Waals surface area (Å²) in [6, 6.07) is 5.24. The van der Waals surface area contributed by atoms with E-state index in [0.717, 1.165) is 6.04 Å². The molecule has 0 amide bonds. The molecule has 0 saturated carbocycles. The number of hydrogen-bond donors (Lipinski definition) is 2. The summed E-state index contributed by atoms with van der Waals surface area (Å²) in [7, 11) is 2.15. The molecule has 0 aliphatic carbocycles. The fourth-order valence-electron chi connectivity index (χ4n) is 2.82. The van der Waals surface area contributed by atoms with Crippen molar-refractivity contribution in [2.75, 3.05) is 26.2 Å². The Morgan fingerprint density at radius 2 is 2.00 bits per heavy atom. The van der Waals surface area contributed by atoms with E-state index in [1.54, 1.807) is 4.90 Å². The van der Waals surface area contributed by atoms with Gasteiger partial charge in [-0.25, -0.2) is 0 Å². The van der Waals surface area contributed by atoms with Crippen LogP contribution in [0.15, 0.2) is 18.3 Å². The van der Waals surface area contributed by atoms with Crippen molar-refractivity contribution in [3.63, 3.8) is 0 Å². The summed E-state index contributed by atoms with van der Waals surface area (Å²) < 4.78 is 2.25. The van der Waals surface area contributed by atoms with Crippen LogP contribution in [0.25, 0.3) is 0 Å².